The van der Waals surface area contributed by atoms with Crippen LogP contribution in [-0.4, -0.2) is 53.4 Å². The number of hydrogen-bond acceptors (Lipinski definition) is 6. The highest BCUT2D eigenvalue weighted by atomic mass is 16.5. The van der Waals surface area contributed by atoms with Gasteiger partial charge in [0.05, 0.1) is 12.6 Å². The second kappa shape index (κ2) is 7.29. The highest BCUT2D eigenvalue weighted by Crippen LogP contribution is 2.34. The minimum absolute atomic E-state index is 0.0375. The number of likely N-dealkylation sites (tertiary alicyclic amines) is 1. The molecule has 7 heteroatoms. The van der Waals surface area contributed by atoms with Gasteiger partial charge in [-0.2, -0.15) is 0 Å². The van der Waals surface area contributed by atoms with E-state index in [4.69, 9.17) is 9.47 Å². The fourth-order valence-electron chi connectivity index (χ4n) is 2.93. The van der Waals surface area contributed by atoms with Crippen molar-refractivity contribution in [3.63, 3.8) is 0 Å². The van der Waals surface area contributed by atoms with E-state index in [9.17, 15) is 9.59 Å². The Bertz CT molecular complexity index is 813. The number of aromatic nitrogens is 2. The van der Waals surface area contributed by atoms with Crippen LogP contribution < -0.4 is 9.47 Å². The van der Waals surface area contributed by atoms with E-state index in [0.717, 1.165) is 0 Å². The number of benzene rings is 1. The Morgan fingerprint density at radius 1 is 1.28 bits per heavy atom. The molecule has 1 saturated heterocycles. The largest absolute Gasteiger partial charge is 0.493 e. The number of carbonyl (C=O) groups is 2. The normalized spacial score (nSPS) is 15.0. The molecule has 1 aliphatic rings. The van der Waals surface area contributed by atoms with Gasteiger partial charge in [0.15, 0.2) is 17.8 Å². The second-order valence-corrected chi connectivity index (χ2v) is 5.74. The van der Waals surface area contributed by atoms with E-state index in [1.54, 1.807) is 24.1 Å². The van der Waals surface area contributed by atoms with Crippen LogP contribution in [0.2, 0.25) is 0 Å². The van der Waals surface area contributed by atoms with Crippen molar-refractivity contribution in [1.82, 2.24) is 14.9 Å². The van der Waals surface area contributed by atoms with Gasteiger partial charge in [0.1, 0.15) is 18.1 Å². The summed E-state index contributed by atoms with van der Waals surface area (Å²) < 4.78 is 11.5. The molecule has 0 N–H and O–H groups in total. The molecule has 130 valence electrons. The zero-order valence-electron chi connectivity index (χ0n) is 14.0. The lowest BCUT2D eigenvalue weighted by molar-refractivity contribution is -0.127. The van der Waals surface area contributed by atoms with Gasteiger partial charge in [-0.25, -0.2) is 9.97 Å². The molecule has 0 spiro atoms. The third-order valence-corrected chi connectivity index (χ3v) is 4.29. The summed E-state index contributed by atoms with van der Waals surface area (Å²) in [5, 5.41) is 0.618. The number of carbonyl (C=O) groups excluding carboxylic acids is 2. The van der Waals surface area contributed by atoms with Gasteiger partial charge in [0, 0.05) is 37.4 Å². The fraction of sp³-hybridized carbons (Fsp3) is 0.333. The summed E-state index contributed by atoms with van der Waals surface area (Å²) in [6.45, 7) is 4.75. The van der Waals surface area contributed by atoms with Gasteiger partial charge >= 0.3 is 0 Å². The Morgan fingerprint density at radius 3 is 2.68 bits per heavy atom. The first kappa shape index (κ1) is 16.9. The monoisotopic (exact) mass is 341 g/mol. The summed E-state index contributed by atoms with van der Waals surface area (Å²) in [5.41, 5.74) is 0.927. The van der Waals surface area contributed by atoms with Crippen molar-refractivity contribution in [2.45, 2.75) is 18.9 Å². The molecule has 1 fully saturated rings. The van der Waals surface area contributed by atoms with Crippen LogP contribution in [0.3, 0.4) is 0 Å². The number of hydrogen-bond donors (Lipinski definition) is 0. The summed E-state index contributed by atoms with van der Waals surface area (Å²) in [7, 11) is 1.56. The highest BCUT2D eigenvalue weighted by Gasteiger charge is 2.24. The molecule has 7 nitrogen and oxygen atoms in total. The van der Waals surface area contributed by atoms with Gasteiger partial charge in [-0.3, -0.25) is 9.59 Å². The Balaban J connectivity index is 1.82. The molecule has 0 radical (unpaired) electrons. The summed E-state index contributed by atoms with van der Waals surface area (Å²) in [6, 6.07) is 3.47. The van der Waals surface area contributed by atoms with E-state index in [1.165, 1.54) is 12.4 Å². The van der Waals surface area contributed by atoms with E-state index < -0.39 is 0 Å². The Labute approximate surface area is 145 Å². The van der Waals surface area contributed by atoms with Gasteiger partial charge in [-0.15, -0.1) is 0 Å². The van der Waals surface area contributed by atoms with E-state index in [1.807, 2.05) is 0 Å². The van der Waals surface area contributed by atoms with Crippen molar-refractivity contribution < 1.29 is 19.1 Å². The molecular formula is C18H19N3O4. The average Bonchev–Trinajstić information content (AvgIpc) is 2.66. The lowest BCUT2D eigenvalue weighted by Crippen LogP contribution is -2.41. The summed E-state index contributed by atoms with van der Waals surface area (Å²) in [6.07, 6.45) is 4.76. The van der Waals surface area contributed by atoms with E-state index in [0.29, 0.717) is 60.3 Å². The Kier molecular flexibility index (Phi) is 4.92. The molecule has 25 heavy (non-hydrogen) atoms. The molecule has 3 rings (SSSR count). The number of fused-ring (bicyclic) bond motifs is 1. The number of nitrogens with zero attached hydrogens (tertiary/aromatic N) is 3. The van der Waals surface area contributed by atoms with Crippen LogP contribution in [0.5, 0.6) is 11.5 Å². The summed E-state index contributed by atoms with van der Waals surface area (Å²) in [5.74, 6) is 1.03. The minimum Gasteiger partial charge on any atom is -0.493 e. The van der Waals surface area contributed by atoms with Crippen molar-refractivity contribution in [3.8, 4) is 11.5 Å². The van der Waals surface area contributed by atoms with Crippen LogP contribution in [0, 0.1) is 0 Å². The molecule has 0 atom stereocenters. The molecule has 0 aliphatic carbocycles. The van der Waals surface area contributed by atoms with Crippen molar-refractivity contribution >= 4 is 23.1 Å². The van der Waals surface area contributed by atoms with Gasteiger partial charge in [-0.05, 0) is 12.1 Å². The molecule has 1 aromatic carbocycles. The van der Waals surface area contributed by atoms with Gasteiger partial charge in [-0.1, -0.05) is 6.58 Å². The molecule has 2 aromatic rings. The van der Waals surface area contributed by atoms with Crippen LogP contribution in [0.1, 0.15) is 23.3 Å². The number of ether oxygens (including phenoxy) is 2. The molecule has 0 saturated carbocycles. The van der Waals surface area contributed by atoms with Crippen LogP contribution in [0.25, 0.3) is 10.9 Å². The van der Waals surface area contributed by atoms with Crippen molar-refractivity contribution in [1.29, 1.82) is 0 Å². The quantitative estimate of drug-likeness (QED) is 0.611. The maximum absolute atomic E-state index is 11.6. The lowest BCUT2D eigenvalue weighted by Gasteiger charge is -2.31. The predicted molar refractivity (Wildman–Crippen MR) is 91.9 cm³/mol. The Morgan fingerprint density at radius 2 is 2.04 bits per heavy atom. The molecule has 1 amide bonds. The number of amides is 1. The highest BCUT2D eigenvalue weighted by molar-refractivity contribution is 5.95. The topological polar surface area (TPSA) is 81.6 Å². The standard InChI is InChI=1S/C18H19N3O4/c1-3-18(23)21-6-4-12(5-7-21)25-17-8-13-14(9-16(17)24-2)19-11-20-15(13)10-22/h3,8-12H,1,4-7H2,2H3. The van der Waals surface area contributed by atoms with Gasteiger partial charge < -0.3 is 14.4 Å². The first-order valence-corrected chi connectivity index (χ1v) is 8.02. The van der Waals surface area contributed by atoms with Crippen LogP contribution in [-0.2, 0) is 4.79 Å². The predicted octanol–water partition coefficient (Wildman–Crippen LogP) is 2.01. The number of piperidine rings is 1. The maximum atomic E-state index is 11.6. The van der Waals surface area contributed by atoms with Crippen LogP contribution >= 0.6 is 0 Å². The molecule has 1 aliphatic heterocycles. The van der Waals surface area contributed by atoms with E-state index in [-0.39, 0.29) is 12.0 Å². The van der Waals surface area contributed by atoms with Crippen LogP contribution in [0.4, 0.5) is 0 Å². The van der Waals surface area contributed by atoms with Gasteiger partial charge in [0.2, 0.25) is 5.91 Å². The lowest BCUT2D eigenvalue weighted by atomic mass is 10.1. The van der Waals surface area contributed by atoms with E-state index >= 15 is 0 Å². The number of rotatable bonds is 5. The molecule has 2 heterocycles. The smallest absolute Gasteiger partial charge is 0.245 e. The summed E-state index contributed by atoms with van der Waals surface area (Å²) >= 11 is 0. The maximum Gasteiger partial charge on any atom is 0.245 e. The average molecular weight is 341 g/mol. The van der Waals surface area contributed by atoms with E-state index in [2.05, 4.69) is 16.5 Å². The molecule has 0 unspecified atom stereocenters. The first-order valence-electron chi connectivity index (χ1n) is 8.02. The zero-order chi connectivity index (χ0) is 17.8. The summed E-state index contributed by atoms with van der Waals surface area (Å²) in [4.78, 5) is 32.7. The van der Waals surface area contributed by atoms with Crippen molar-refractivity contribution in [3.05, 3.63) is 36.8 Å². The fourth-order valence-corrected chi connectivity index (χ4v) is 2.93. The Hall–Kier alpha value is -2.96. The molecule has 1 aromatic heterocycles. The zero-order valence-corrected chi connectivity index (χ0v) is 14.0. The molecule has 0 bridgehead atoms. The third kappa shape index (κ3) is 3.45. The van der Waals surface area contributed by atoms with Crippen molar-refractivity contribution in [2.75, 3.05) is 20.2 Å². The van der Waals surface area contributed by atoms with Gasteiger partial charge in [0.25, 0.3) is 0 Å². The molecular weight excluding hydrogens is 322 g/mol. The number of aldehydes is 1. The first-order chi connectivity index (χ1) is 12.2. The number of methoxy groups -OCH3 is 1. The van der Waals surface area contributed by atoms with Crippen molar-refractivity contribution in [2.24, 2.45) is 0 Å². The SMILES string of the molecule is C=CC(=O)N1CCC(Oc2cc3c(C=O)ncnc3cc2OC)CC1. The third-order valence-electron chi connectivity index (χ3n) is 4.29. The van der Waals surface area contributed by atoms with Crippen LogP contribution in [0.15, 0.2) is 31.1 Å². The second-order valence-electron chi connectivity index (χ2n) is 5.74. The minimum atomic E-state index is -0.0606.